The first-order chi connectivity index (χ1) is 11.8. The Hall–Kier alpha value is -1.70. The first kappa shape index (κ1) is 18.1. The number of hydrogen-bond donors (Lipinski definition) is 2. The summed E-state index contributed by atoms with van der Waals surface area (Å²) in [5, 5.41) is 14.3. The molecule has 1 aliphatic rings. The molecule has 7 heteroatoms. The van der Waals surface area contributed by atoms with Gasteiger partial charge in [0.15, 0.2) is 0 Å². The molecule has 0 radical (unpaired) electrons. The minimum Gasteiger partial charge on any atom is -0.493 e. The van der Waals surface area contributed by atoms with Crippen molar-refractivity contribution in [1.82, 2.24) is 14.6 Å². The lowest BCUT2D eigenvalue weighted by molar-refractivity contribution is 0.156. The molecule has 0 saturated carbocycles. The minimum absolute atomic E-state index is 0.151. The number of nitrogens with zero attached hydrogens (tertiary/aromatic N) is 2. The summed E-state index contributed by atoms with van der Waals surface area (Å²) in [6.45, 7) is 7.98. The Morgan fingerprint density at radius 2 is 2.04 bits per heavy atom. The highest BCUT2D eigenvalue weighted by Crippen LogP contribution is 2.35. The summed E-state index contributed by atoms with van der Waals surface area (Å²) in [7, 11) is -3.73. The van der Waals surface area contributed by atoms with E-state index in [9.17, 15) is 13.5 Å². The zero-order valence-electron chi connectivity index (χ0n) is 14.9. The molecule has 1 atom stereocenters. The van der Waals surface area contributed by atoms with Gasteiger partial charge < -0.3 is 10.4 Å². The van der Waals surface area contributed by atoms with Gasteiger partial charge in [-0.15, -0.1) is 0 Å². The Morgan fingerprint density at radius 3 is 2.76 bits per heavy atom. The van der Waals surface area contributed by atoms with Crippen molar-refractivity contribution in [2.75, 3.05) is 19.6 Å². The lowest BCUT2D eigenvalue weighted by Crippen LogP contribution is -2.56. The van der Waals surface area contributed by atoms with Gasteiger partial charge in [-0.25, -0.2) is 13.4 Å². The molecular weight excluding hydrogens is 338 g/mol. The van der Waals surface area contributed by atoms with Gasteiger partial charge in [-0.3, -0.25) is 0 Å². The molecule has 0 spiro atoms. The molecule has 3 rings (SSSR count). The summed E-state index contributed by atoms with van der Waals surface area (Å²) >= 11 is 0. The molecule has 0 amide bonds. The van der Waals surface area contributed by atoms with Gasteiger partial charge in [-0.1, -0.05) is 19.9 Å². The number of hydrogen-bond acceptors (Lipinski definition) is 5. The van der Waals surface area contributed by atoms with Gasteiger partial charge in [0.25, 0.3) is 0 Å². The monoisotopic (exact) mass is 363 g/mol. The Balaban J connectivity index is 2.20. The molecule has 2 heterocycles. The van der Waals surface area contributed by atoms with Crippen LogP contribution >= 0.6 is 0 Å². The first-order valence-electron chi connectivity index (χ1n) is 8.59. The second-order valence-electron chi connectivity index (χ2n) is 7.11. The second kappa shape index (κ2) is 6.55. The number of aromatic hydroxyl groups is 1. The molecular formula is C18H25N3O3S. The number of pyridine rings is 1. The summed E-state index contributed by atoms with van der Waals surface area (Å²) < 4.78 is 28.8. The van der Waals surface area contributed by atoms with Crippen LogP contribution in [0.15, 0.2) is 35.4 Å². The predicted octanol–water partition coefficient (Wildman–Crippen LogP) is 2.34. The molecule has 1 aliphatic heterocycles. The molecule has 1 aromatic carbocycles. The van der Waals surface area contributed by atoms with E-state index in [1.807, 2.05) is 20.8 Å². The van der Waals surface area contributed by atoms with Gasteiger partial charge in [-0.2, -0.15) is 4.31 Å². The Morgan fingerprint density at radius 1 is 1.28 bits per heavy atom. The zero-order chi connectivity index (χ0) is 18.2. The molecule has 2 N–H and O–H groups in total. The van der Waals surface area contributed by atoms with Crippen molar-refractivity contribution < 1.29 is 13.5 Å². The van der Waals surface area contributed by atoms with E-state index in [-0.39, 0.29) is 16.7 Å². The standard InChI is InChI=1S/C18H25N3O3S/c1-13(2)18(3)12-19-9-5-11-21(18)25(23,24)16-7-4-6-15-14(16)8-10-20-17(15)22/h4,6-8,10,13,19H,5,9,11-12H2,1-3H3,(H,20,22)/t18-/m1/s1. The van der Waals surface area contributed by atoms with Gasteiger partial charge in [-0.05, 0) is 44.0 Å². The zero-order valence-corrected chi connectivity index (χ0v) is 15.7. The molecule has 0 unspecified atom stereocenters. The van der Waals surface area contributed by atoms with E-state index < -0.39 is 15.6 Å². The Kier molecular flexibility index (Phi) is 4.74. The molecule has 2 aromatic rings. The fourth-order valence-electron chi connectivity index (χ4n) is 3.43. The Labute approximate surface area is 148 Å². The van der Waals surface area contributed by atoms with Crippen LogP contribution in [0.25, 0.3) is 10.8 Å². The minimum atomic E-state index is -3.73. The topological polar surface area (TPSA) is 82.5 Å². The molecule has 0 aliphatic carbocycles. The number of rotatable bonds is 3. The average molecular weight is 363 g/mol. The van der Waals surface area contributed by atoms with Crippen LogP contribution in [0.5, 0.6) is 5.88 Å². The highest BCUT2D eigenvalue weighted by atomic mass is 32.2. The molecule has 1 aromatic heterocycles. The maximum atomic E-state index is 13.6. The van der Waals surface area contributed by atoms with Crippen LogP contribution in [-0.2, 0) is 10.0 Å². The van der Waals surface area contributed by atoms with Crippen LogP contribution in [0.2, 0.25) is 0 Å². The van der Waals surface area contributed by atoms with Crippen molar-refractivity contribution in [3.05, 3.63) is 30.5 Å². The van der Waals surface area contributed by atoms with E-state index in [1.54, 1.807) is 28.6 Å². The third-order valence-electron chi connectivity index (χ3n) is 5.32. The van der Waals surface area contributed by atoms with Crippen molar-refractivity contribution in [2.24, 2.45) is 5.92 Å². The maximum Gasteiger partial charge on any atom is 0.244 e. The SMILES string of the molecule is CC(C)[C@@]1(C)CNCCCN1S(=O)(=O)c1cccc2c(O)nccc12. The molecule has 6 nitrogen and oxygen atoms in total. The van der Waals surface area contributed by atoms with Crippen LogP contribution in [-0.4, -0.2) is 48.0 Å². The van der Waals surface area contributed by atoms with Crippen molar-refractivity contribution in [3.8, 4) is 5.88 Å². The second-order valence-corrected chi connectivity index (χ2v) is 8.94. The largest absolute Gasteiger partial charge is 0.493 e. The van der Waals surface area contributed by atoms with Crippen LogP contribution in [0.4, 0.5) is 0 Å². The summed E-state index contributed by atoms with van der Waals surface area (Å²) in [5.41, 5.74) is -0.521. The molecule has 1 saturated heterocycles. The normalized spacial score (nSPS) is 23.0. The van der Waals surface area contributed by atoms with E-state index in [4.69, 9.17) is 0 Å². The van der Waals surface area contributed by atoms with Gasteiger partial charge in [0.1, 0.15) is 0 Å². The third-order valence-corrected chi connectivity index (χ3v) is 7.42. The molecule has 1 fully saturated rings. The van der Waals surface area contributed by atoms with Gasteiger partial charge in [0, 0.05) is 35.6 Å². The van der Waals surface area contributed by atoms with Crippen molar-refractivity contribution in [1.29, 1.82) is 0 Å². The van der Waals surface area contributed by atoms with Crippen LogP contribution in [0.3, 0.4) is 0 Å². The van der Waals surface area contributed by atoms with Crippen molar-refractivity contribution in [2.45, 2.75) is 37.6 Å². The van der Waals surface area contributed by atoms with Crippen LogP contribution < -0.4 is 5.32 Å². The number of nitrogens with one attached hydrogen (secondary N) is 1. The van der Waals surface area contributed by atoms with E-state index >= 15 is 0 Å². The molecule has 0 bridgehead atoms. The highest BCUT2D eigenvalue weighted by Gasteiger charge is 2.43. The molecule has 136 valence electrons. The van der Waals surface area contributed by atoms with Crippen molar-refractivity contribution >= 4 is 20.8 Å². The van der Waals surface area contributed by atoms with E-state index in [2.05, 4.69) is 10.3 Å². The maximum absolute atomic E-state index is 13.6. The summed E-state index contributed by atoms with van der Waals surface area (Å²) in [5.74, 6) is -0.00312. The molecule has 25 heavy (non-hydrogen) atoms. The number of benzene rings is 1. The summed E-state index contributed by atoms with van der Waals surface area (Å²) in [6, 6.07) is 6.59. The lowest BCUT2D eigenvalue weighted by atomic mass is 9.88. The van der Waals surface area contributed by atoms with E-state index in [0.29, 0.717) is 23.9 Å². The first-order valence-corrected chi connectivity index (χ1v) is 10.0. The van der Waals surface area contributed by atoms with Crippen molar-refractivity contribution in [3.63, 3.8) is 0 Å². The van der Waals surface area contributed by atoms with E-state index in [0.717, 1.165) is 13.0 Å². The number of aromatic nitrogens is 1. The Bertz CT molecular complexity index is 882. The lowest BCUT2D eigenvalue weighted by Gasteiger charge is -2.42. The summed E-state index contributed by atoms with van der Waals surface area (Å²) in [6.07, 6.45) is 2.20. The predicted molar refractivity (Wildman–Crippen MR) is 98.0 cm³/mol. The van der Waals surface area contributed by atoms with Gasteiger partial charge >= 0.3 is 0 Å². The van der Waals surface area contributed by atoms with Crippen LogP contribution in [0.1, 0.15) is 27.2 Å². The van der Waals surface area contributed by atoms with Crippen LogP contribution in [0, 0.1) is 5.92 Å². The van der Waals surface area contributed by atoms with Gasteiger partial charge in [0.05, 0.1) is 4.90 Å². The fraction of sp³-hybridized carbons (Fsp3) is 0.500. The van der Waals surface area contributed by atoms with Gasteiger partial charge in [0.2, 0.25) is 15.9 Å². The number of sulfonamides is 1. The van der Waals surface area contributed by atoms with E-state index in [1.165, 1.54) is 6.20 Å². The smallest absolute Gasteiger partial charge is 0.244 e. The highest BCUT2D eigenvalue weighted by molar-refractivity contribution is 7.89. The average Bonchev–Trinajstić information content (AvgIpc) is 2.78. The third kappa shape index (κ3) is 3.01. The number of fused-ring (bicyclic) bond motifs is 1. The summed E-state index contributed by atoms with van der Waals surface area (Å²) in [4.78, 5) is 4.07. The quantitative estimate of drug-likeness (QED) is 0.875. The fourth-order valence-corrected chi connectivity index (χ4v) is 5.56.